The minimum atomic E-state index is -0.0239. The van der Waals surface area contributed by atoms with Crippen LogP contribution in [0.5, 0.6) is 5.75 Å². The molecule has 1 N–H and O–H groups in total. The highest BCUT2D eigenvalue weighted by atomic mass is 35.5. The molecule has 6 nitrogen and oxygen atoms in total. The van der Waals surface area contributed by atoms with Gasteiger partial charge in [0.25, 0.3) is 5.91 Å². The first-order chi connectivity index (χ1) is 15.2. The lowest BCUT2D eigenvalue weighted by Gasteiger charge is -2.32. The molecular formula is C24H21ClN4O2. The van der Waals surface area contributed by atoms with Crippen LogP contribution in [0.4, 0.5) is 0 Å². The minimum Gasteiger partial charge on any atom is -0.490 e. The van der Waals surface area contributed by atoms with Crippen molar-refractivity contribution in [3.8, 4) is 17.1 Å². The molecule has 1 amide bonds. The summed E-state index contributed by atoms with van der Waals surface area (Å²) in [6.07, 6.45) is 3.41. The smallest absolute Gasteiger partial charge is 0.270 e. The van der Waals surface area contributed by atoms with Gasteiger partial charge in [0.2, 0.25) is 0 Å². The third kappa shape index (κ3) is 4.25. The van der Waals surface area contributed by atoms with Gasteiger partial charge in [-0.25, -0.2) is 9.97 Å². The van der Waals surface area contributed by atoms with Crippen molar-refractivity contribution < 1.29 is 9.53 Å². The number of aromatic nitrogens is 3. The van der Waals surface area contributed by atoms with Gasteiger partial charge in [-0.05, 0) is 30.3 Å². The number of aromatic amines is 1. The van der Waals surface area contributed by atoms with E-state index in [4.69, 9.17) is 16.3 Å². The molecule has 2 aromatic heterocycles. The van der Waals surface area contributed by atoms with Gasteiger partial charge in [0.05, 0.1) is 0 Å². The van der Waals surface area contributed by atoms with Gasteiger partial charge in [0, 0.05) is 48.1 Å². The zero-order valence-corrected chi connectivity index (χ0v) is 17.5. The molecule has 0 bridgehead atoms. The van der Waals surface area contributed by atoms with Gasteiger partial charge < -0.3 is 14.6 Å². The summed E-state index contributed by atoms with van der Waals surface area (Å²) in [5.74, 6) is 1.41. The third-order valence-corrected chi connectivity index (χ3v) is 5.73. The lowest BCUT2D eigenvalue weighted by atomic mass is 10.1. The Morgan fingerprint density at radius 2 is 1.81 bits per heavy atom. The summed E-state index contributed by atoms with van der Waals surface area (Å²) in [5, 5.41) is 1.51. The highest BCUT2D eigenvalue weighted by Gasteiger charge is 2.26. The van der Waals surface area contributed by atoms with Gasteiger partial charge >= 0.3 is 0 Å². The molecular weight excluding hydrogens is 412 g/mol. The standard InChI is InChI=1S/C24H21ClN4O2/c25-18-6-8-19(9-7-18)31-20-10-12-29(13-11-20)24(30)21-14-17-15-26-22(28-23(17)27-21)16-4-2-1-3-5-16/h1-9,14-15,20H,10-13H2,(H,26,27,28). The number of nitrogens with one attached hydrogen (secondary N) is 1. The van der Waals surface area contributed by atoms with E-state index in [0.29, 0.717) is 35.3 Å². The molecule has 0 unspecified atom stereocenters. The topological polar surface area (TPSA) is 71.1 Å². The number of likely N-dealkylation sites (tertiary alicyclic amines) is 1. The Kier molecular flexibility index (Phi) is 5.30. The largest absolute Gasteiger partial charge is 0.490 e. The van der Waals surface area contributed by atoms with Gasteiger partial charge in [-0.15, -0.1) is 0 Å². The Hall–Kier alpha value is -3.38. The van der Waals surface area contributed by atoms with Crippen molar-refractivity contribution in [1.82, 2.24) is 19.9 Å². The predicted octanol–water partition coefficient (Wildman–Crippen LogP) is 4.96. The molecule has 1 saturated heterocycles. The second-order valence-electron chi connectivity index (χ2n) is 7.61. The molecule has 1 aliphatic heterocycles. The Labute approximate surface area is 184 Å². The minimum absolute atomic E-state index is 0.0239. The SMILES string of the molecule is O=C(c1cc2cnc(-c3ccccc3)nc2[nH]1)N1CCC(Oc2ccc(Cl)cc2)CC1. The van der Waals surface area contributed by atoms with Crippen molar-refractivity contribution in [2.75, 3.05) is 13.1 Å². The summed E-state index contributed by atoms with van der Waals surface area (Å²) >= 11 is 5.92. The van der Waals surface area contributed by atoms with Crippen LogP contribution in [0.3, 0.4) is 0 Å². The van der Waals surface area contributed by atoms with E-state index in [2.05, 4.69) is 15.0 Å². The van der Waals surface area contributed by atoms with Crippen LogP contribution >= 0.6 is 11.6 Å². The van der Waals surface area contributed by atoms with Crippen LogP contribution in [0.15, 0.2) is 66.9 Å². The zero-order chi connectivity index (χ0) is 21.2. The average Bonchev–Trinajstić information content (AvgIpc) is 3.25. The van der Waals surface area contributed by atoms with Crippen molar-refractivity contribution >= 4 is 28.5 Å². The van der Waals surface area contributed by atoms with E-state index in [1.54, 1.807) is 6.20 Å². The maximum absolute atomic E-state index is 13.0. The Bertz CT molecular complexity index is 1200. The Morgan fingerprint density at radius 1 is 1.06 bits per heavy atom. The molecule has 3 heterocycles. The molecule has 0 spiro atoms. The van der Waals surface area contributed by atoms with Gasteiger partial charge in [0.15, 0.2) is 5.82 Å². The molecule has 2 aromatic carbocycles. The Morgan fingerprint density at radius 3 is 2.55 bits per heavy atom. The van der Waals surface area contributed by atoms with Gasteiger partial charge in [0.1, 0.15) is 23.2 Å². The van der Waals surface area contributed by atoms with E-state index in [1.807, 2.05) is 65.6 Å². The van der Waals surface area contributed by atoms with Crippen molar-refractivity contribution in [2.45, 2.75) is 18.9 Å². The third-order valence-electron chi connectivity index (χ3n) is 5.48. The summed E-state index contributed by atoms with van der Waals surface area (Å²) in [7, 11) is 0. The van der Waals surface area contributed by atoms with E-state index >= 15 is 0 Å². The molecule has 0 atom stereocenters. The van der Waals surface area contributed by atoms with Gasteiger partial charge in [-0.2, -0.15) is 0 Å². The van der Waals surface area contributed by atoms with Crippen LogP contribution < -0.4 is 4.74 Å². The Balaban J connectivity index is 1.25. The molecule has 1 aliphatic rings. The first-order valence-corrected chi connectivity index (χ1v) is 10.7. The number of halogens is 1. The second-order valence-corrected chi connectivity index (χ2v) is 8.05. The number of hydrogen-bond donors (Lipinski definition) is 1. The predicted molar refractivity (Wildman–Crippen MR) is 120 cm³/mol. The number of benzene rings is 2. The quantitative estimate of drug-likeness (QED) is 0.494. The summed E-state index contributed by atoms with van der Waals surface area (Å²) in [6.45, 7) is 1.29. The molecule has 4 aromatic rings. The normalized spacial score (nSPS) is 14.7. The van der Waals surface area contributed by atoms with E-state index in [-0.39, 0.29) is 12.0 Å². The van der Waals surface area contributed by atoms with Gasteiger partial charge in [-0.3, -0.25) is 4.79 Å². The first-order valence-electron chi connectivity index (χ1n) is 10.3. The zero-order valence-electron chi connectivity index (χ0n) is 16.8. The number of rotatable bonds is 4. The highest BCUT2D eigenvalue weighted by molar-refractivity contribution is 6.30. The second kappa shape index (κ2) is 8.40. The number of ether oxygens (including phenoxy) is 1. The number of H-pyrrole nitrogens is 1. The van der Waals surface area contributed by atoms with Gasteiger partial charge in [-0.1, -0.05) is 41.9 Å². The maximum atomic E-state index is 13.0. The fourth-order valence-corrected chi connectivity index (χ4v) is 3.94. The van der Waals surface area contributed by atoms with E-state index < -0.39 is 0 Å². The van der Waals surface area contributed by atoms with Crippen LogP contribution in [0.1, 0.15) is 23.3 Å². The number of hydrogen-bond acceptors (Lipinski definition) is 4. The molecule has 156 valence electrons. The van der Waals surface area contributed by atoms with Crippen LogP contribution in [0.2, 0.25) is 5.02 Å². The van der Waals surface area contributed by atoms with Crippen molar-refractivity contribution in [1.29, 1.82) is 0 Å². The fourth-order valence-electron chi connectivity index (χ4n) is 3.81. The molecule has 1 fully saturated rings. The van der Waals surface area contributed by atoms with E-state index in [9.17, 15) is 4.79 Å². The number of nitrogens with zero attached hydrogens (tertiary/aromatic N) is 3. The molecule has 7 heteroatoms. The average molecular weight is 433 g/mol. The van der Waals surface area contributed by atoms with Crippen LogP contribution in [0, 0.1) is 0 Å². The van der Waals surface area contributed by atoms with Crippen molar-refractivity contribution in [3.63, 3.8) is 0 Å². The van der Waals surface area contributed by atoms with Crippen molar-refractivity contribution in [2.24, 2.45) is 0 Å². The molecule has 0 radical (unpaired) electrons. The summed E-state index contributed by atoms with van der Waals surface area (Å²) in [5.41, 5.74) is 2.14. The lowest BCUT2D eigenvalue weighted by molar-refractivity contribution is 0.0591. The van der Waals surface area contributed by atoms with E-state index in [0.717, 1.165) is 29.5 Å². The summed E-state index contributed by atoms with van der Waals surface area (Å²) in [4.78, 5) is 27.1. The molecule has 31 heavy (non-hydrogen) atoms. The van der Waals surface area contributed by atoms with Crippen LogP contribution in [-0.2, 0) is 0 Å². The number of carbonyl (C=O) groups is 1. The number of amides is 1. The molecule has 0 aliphatic carbocycles. The molecule has 5 rings (SSSR count). The highest BCUT2D eigenvalue weighted by Crippen LogP contribution is 2.23. The molecule has 0 saturated carbocycles. The van der Waals surface area contributed by atoms with Crippen LogP contribution in [-0.4, -0.2) is 45.0 Å². The van der Waals surface area contributed by atoms with Crippen LogP contribution in [0.25, 0.3) is 22.4 Å². The summed E-state index contributed by atoms with van der Waals surface area (Å²) in [6, 6.07) is 19.0. The fraction of sp³-hybridized carbons (Fsp3) is 0.208. The number of carbonyl (C=O) groups excluding carboxylic acids is 1. The number of piperidine rings is 1. The van der Waals surface area contributed by atoms with E-state index in [1.165, 1.54) is 0 Å². The number of fused-ring (bicyclic) bond motifs is 1. The maximum Gasteiger partial charge on any atom is 0.270 e. The van der Waals surface area contributed by atoms with Crippen molar-refractivity contribution in [3.05, 3.63) is 77.6 Å². The lowest BCUT2D eigenvalue weighted by Crippen LogP contribution is -2.41. The summed E-state index contributed by atoms with van der Waals surface area (Å²) < 4.78 is 6.02. The first kappa shape index (κ1) is 19.6. The monoisotopic (exact) mass is 432 g/mol.